The van der Waals surface area contributed by atoms with Crippen LogP contribution in [0.2, 0.25) is 10.0 Å². The molecule has 5 aromatic rings. The van der Waals surface area contributed by atoms with Crippen molar-refractivity contribution in [1.29, 1.82) is 0 Å². The number of nitrogens with zero attached hydrogens (tertiary/aromatic N) is 7. The summed E-state index contributed by atoms with van der Waals surface area (Å²) in [7, 11) is 0. The van der Waals surface area contributed by atoms with E-state index in [0.29, 0.717) is 27.2 Å². The molecule has 5 rings (SSSR count). The largest absolute Gasteiger partial charge is 0.265 e. The van der Waals surface area contributed by atoms with Crippen molar-refractivity contribution in [1.82, 2.24) is 34.3 Å². The minimum Gasteiger partial charge on any atom is -0.265 e. The summed E-state index contributed by atoms with van der Waals surface area (Å²) in [6.07, 6.45) is 6.74. The number of hydrogen-bond donors (Lipinski definition) is 0. The lowest BCUT2D eigenvalue weighted by Crippen LogP contribution is -1.99. The average Bonchev–Trinajstić information content (AvgIpc) is 3.28. The quantitative estimate of drug-likeness (QED) is 0.464. The molecule has 0 atom stereocenters. The van der Waals surface area contributed by atoms with Gasteiger partial charge < -0.3 is 0 Å². The van der Waals surface area contributed by atoms with E-state index in [1.807, 2.05) is 18.2 Å². The third-order valence-electron chi connectivity index (χ3n) is 3.99. The van der Waals surface area contributed by atoms with Crippen LogP contribution >= 0.6 is 23.2 Å². The van der Waals surface area contributed by atoms with Crippen LogP contribution in [0, 0.1) is 0 Å². The van der Waals surface area contributed by atoms with Crippen molar-refractivity contribution < 1.29 is 0 Å². The van der Waals surface area contributed by atoms with Crippen LogP contribution in [0.5, 0.6) is 0 Å². The van der Waals surface area contributed by atoms with Crippen LogP contribution in [-0.4, -0.2) is 34.3 Å². The molecule has 126 valence electrons. The van der Waals surface area contributed by atoms with E-state index >= 15 is 0 Å². The highest BCUT2D eigenvalue weighted by Gasteiger charge is 2.14. The number of fused-ring (bicyclic) bond motifs is 3. The monoisotopic (exact) mass is 381 g/mol. The second-order valence-corrected chi connectivity index (χ2v) is 6.39. The zero-order valence-corrected chi connectivity index (χ0v) is 14.6. The number of aromatic nitrogens is 7. The molecule has 0 unspecified atom stereocenters. The summed E-state index contributed by atoms with van der Waals surface area (Å²) in [5, 5.41) is 10.6. The molecular formula is C17H9Cl2N7. The zero-order chi connectivity index (χ0) is 17.7. The van der Waals surface area contributed by atoms with Crippen molar-refractivity contribution in [2.75, 3.05) is 0 Å². The van der Waals surface area contributed by atoms with Gasteiger partial charge in [0.2, 0.25) is 0 Å². The van der Waals surface area contributed by atoms with Crippen LogP contribution < -0.4 is 0 Å². The summed E-state index contributed by atoms with van der Waals surface area (Å²) in [4.78, 5) is 13.1. The van der Waals surface area contributed by atoms with Crippen LogP contribution in [0.4, 0.5) is 0 Å². The predicted octanol–water partition coefficient (Wildman–Crippen LogP) is 3.83. The molecule has 0 saturated heterocycles. The van der Waals surface area contributed by atoms with Gasteiger partial charge in [0.15, 0.2) is 17.1 Å². The molecule has 1 aromatic carbocycles. The topological polar surface area (TPSA) is 73.8 Å². The van der Waals surface area contributed by atoms with Gasteiger partial charge in [0, 0.05) is 18.0 Å². The summed E-state index contributed by atoms with van der Waals surface area (Å²) < 4.78 is 3.33. The molecule has 4 aromatic heterocycles. The summed E-state index contributed by atoms with van der Waals surface area (Å²) in [6.45, 7) is 0. The fourth-order valence-corrected chi connectivity index (χ4v) is 3.04. The second-order valence-electron chi connectivity index (χ2n) is 5.58. The number of pyridine rings is 1. The maximum atomic E-state index is 6.12. The Morgan fingerprint density at radius 3 is 2.58 bits per heavy atom. The molecule has 0 fully saturated rings. The number of rotatable bonds is 2. The highest BCUT2D eigenvalue weighted by molar-refractivity contribution is 6.42. The maximum absolute atomic E-state index is 6.12. The molecule has 26 heavy (non-hydrogen) atoms. The van der Waals surface area contributed by atoms with Gasteiger partial charge in [0.05, 0.1) is 27.3 Å². The minimum absolute atomic E-state index is 0.455. The van der Waals surface area contributed by atoms with E-state index in [0.717, 1.165) is 16.6 Å². The fraction of sp³-hybridized carbons (Fsp3) is 0. The molecule has 0 N–H and O–H groups in total. The van der Waals surface area contributed by atoms with Gasteiger partial charge in [-0.15, -0.1) is 5.10 Å². The lowest BCUT2D eigenvalue weighted by molar-refractivity contribution is 0.882. The van der Waals surface area contributed by atoms with E-state index < -0.39 is 0 Å². The predicted molar refractivity (Wildman–Crippen MR) is 98.7 cm³/mol. The van der Waals surface area contributed by atoms with Gasteiger partial charge in [0.25, 0.3) is 0 Å². The Balaban J connectivity index is 1.71. The first-order valence-corrected chi connectivity index (χ1v) is 8.41. The first-order valence-electron chi connectivity index (χ1n) is 7.65. The molecule has 0 aliphatic heterocycles. The summed E-state index contributed by atoms with van der Waals surface area (Å²) in [5.74, 6) is 0.601. The molecule has 0 bridgehead atoms. The Labute approximate surface area is 156 Å². The molecule has 0 aliphatic rings. The van der Waals surface area contributed by atoms with Crippen molar-refractivity contribution in [3.05, 3.63) is 65.3 Å². The third kappa shape index (κ3) is 2.33. The lowest BCUT2D eigenvalue weighted by Gasteiger charge is -2.04. The molecule has 0 radical (unpaired) electrons. The Hall–Kier alpha value is -3.03. The van der Waals surface area contributed by atoms with Crippen LogP contribution in [0.15, 0.2) is 55.2 Å². The molecular weight excluding hydrogens is 373 g/mol. The third-order valence-corrected chi connectivity index (χ3v) is 4.73. The van der Waals surface area contributed by atoms with Crippen molar-refractivity contribution >= 4 is 39.9 Å². The molecule has 4 heterocycles. The van der Waals surface area contributed by atoms with E-state index in [-0.39, 0.29) is 0 Å². The Morgan fingerprint density at radius 1 is 0.923 bits per heavy atom. The summed E-state index contributed by atoms with van der Waals surface area (Å²) in [6, 6.07) is 9.02. The maximum Gasteiger partial charge on any atom is 0.182 e. The van der Waals surface area contributed by atoms with E-state index in [1.165, 1.54) is 0 Å². The minimum atomic E-state index is 0.455. The molecule has 9 heteroatoms. The number of benzene rings is 1. The van der Waals surface area contributed by atoms with Crippen LogP contribution in [0.25, 0.3) is 33.8 Å². The van der Waals surface area contributed by atoms with E-state index in [9.17, 15) is 0 Å². The first kappa shape index (κ1) is 15.2. The van der Waals surface area contributed by atoms with Crippen molar-refractivity contribution in [2.45, 2.75) is 0 Å². The van der Waals surface area contributed by atoms with Gasteiger partial charge in [-0.05, 0) is 30.3 Å². The van der Waals surface area contributed by atoms with Crippen LogP contribution in [-0.2, 0) is 0 Å². The first-order chi connectivity index (χ1) is 12.7. The molecule has 0 spiro atoms. The normalized spacial score (nSPS) is 11.5. The zero-order valence-electron chi connectivity index (χ0n) is 13.1. The van der Waals surface area contributed by atoms with Crippen molar-refractivity contribution in [2.24, 2.45) is 0 Å². The van der Waals surface area contributed by atoms with E-state index in [2.05, 4.69) is 25.1 Å². The number of hydrogen-bond acceptors (Lipinski definition) is 5. The van der Waals surface area contributed by atoms with E-state index in [4.69, 9.17) is 23.2 Å². The van der Waals surface area contributed by atoms with Crippen LogP contribution in [0.1, 0.15) is 0 Å². The van der Waals surface area contributed by atoms with Crippen molar-refractivity contribution in [3.63, 3.8) is 0 Å². The highest BCUT2D eigenvalue weighted by atomic mass is 35.5. The lowest BCUT2D eigenvalue weighted by atomic mass is 10.2. The number of halogens is 2. The average molecular weight is 382 g/mol. The SMILES string of the molecule is Clc1ccc(-n2ncc3c2ncn2nc(-c4ccncc4)nc32)cc1Cl. The van der Waals surface area contributed by atoms with Gasteiger partial charge >= 0.3 is 0 Å². The van der Waals surface area contributed by atoms with E-state index in [1.54, 1.807) is 46.2 Å². The van der Waals surface area contributed by atoms with Crippen LogP contribution in [0.3, 0.4) is 0 Å². The standard InChI is InChI=1S/C17H9Cl2N7/c18-13-2-1-11(7-14(13)19)26-16-12(8-22-26)17-23-15(24-25(17)9-21-16)10-3-5-20-6-4-10/h1-9H. The Morgan fingerprint density at radius 2 is 1.77 bits per heavy atom. The summed E-state index contributed by atoms with van der Waals surface area (Å²) >= 11 is 12.1. The second kappa shape index (κ2) is 5.76. The molecule has 0 amide bonds. The Kier molecular flexibility index (Phi) is 3.37. The molecule has 7 nitrogen and oxygen atoms in total. The van der Waals surface area contributed by atoms with Crippen molar-refractivity contribution in [3.8, 4) is 17.1 Å². The van der Waals surface area contributed by atoms with Gasteiger partial charge in [-0.2, -0.15) is 5.10 Å². The van der Waals surface area contributed by atoms with Gasteiger partial charge in [-0.1, -0.05) is 23.2 Å². The van der Waals surface area contributed by atoms with Gasteiger partial charge in [0.1, 0.15) is 6.33 Å². The fourth-order valence-electron chi connectivity index (χ4n) is 2.75. The van der Waals surface area contributed by atoms with Gasteiger partial charge in [-0.3, -0.25) is 4.98 Å². The smallest absolute Gasteiger partial charge is 0.182 e. The Bertz CT molecular complexity index is 1260. The summed E-state index contributed by atoms with van der Waals surface area (Å²) in [5.41, 5.74) is 2.98. The van der Waals surface area contributed by atoms with Gasteiger partial charge in [-0.25, -0.2) is 19.2 Å². The molecule has 0 saturated carbocycles. The molecule has 0 aliphatic carbocycles. The highest BCUT2D eigenvalue weighted by Crippen LogP contribution is 2.27.